The van der Waals surface area contributed by atoms with E-state index < -0.39 is 0 Å². The van der Waals surface area contributed by atoms with Gasteiger partial charge in [-0.2, -0.15) is 0 Å². The molecule has 10 aromatic rings. The molecule has 0 N–H and O–H groups in total. The Morgan fingerprint density at radius 3 is 1.53 bits per heavy atom. The largest absolute Gasteiger partial charge is 0.309 e. The molecule has 246 valence electrons. The van der Waals surface area contributed by atoms with Crippen molar-refractivity contribution in [2.75, 3.05) is 0 Å². The topological polar surface area (TPSA) is 22.2 Å². The lowest BCUT2D eigenvalue weighted by atomic mass is 9.91. The van der Waals surface area contributed by atoms with Crippen molar-refractivity contribution in [3.63, 3.8) is 0 Å². The molecular weight excluding hydrogens is 643 g/mol. The lowest BCUT2D eigenvalue weighted by molar-refractivity contribution is 1.18. The Labute approximate surface area is 307 Å². The normalized spacial score (nSPS) is 11.4. The van der Waals surface area contributed by atoms with Gasteiger partial charge in [0.25, 0.3) is 0 Å². The van der Waals surface area contributed by atoms with Crippen LogP contribution >= 0.6 is 0 Å². The van der Waals surface area contributed by atoms with Crippen molar-refractivity contribution in [2.24, 2.45) is 0 Å². The zero-order valence-corrected chi connectivity index (χ0v) is 28.7. The highest BCUT2D eigenvalue weighted by Crippen LogP contribution is 2.42. The van der Waals surface area contributed by atoms with E-state index in [-0.39, 0.29) is 0 Å². The fourth-order valence-corrected chi connectivity index (χ4v) is 7.82. The number of hydrogen-bond acceptors (Lipinski definition) is 1. The number of pyridine rings is 1. The molecule has 53 heavy (non-hydrogen) atoms. The summed E-state index contributed by atoms with van der Waals surface area (Å²) in [6, 6.07) is 62.8. The fourth-order valence-electron chi connectivity index (χ4n) is 7.82. The number of hydrogen-bond donors (Lipinski definition) is 0. The molecule has 0 bridgehead atoms. The van der Waals surface area contributed by atoms with Gasteiger partial charge >= 0.3 is 0 Å². The maximum atomic E-state index is 7.43. The first-order chi connectivity index (χ1) is 26.2. The van der Waals surface area contributed by atoms with Crippen LogP contribution in [-0.4, -0.2) is 9.55 Å². The average Bonchev–Trinajstić information content (AvgIpc) is 3.58. The Morgan fingerprint density at radius 2 is 0.943 bits per heavy atom. The van der Waals surface area contributed by atoms with Crippen LogP contribution in [0.25, 0.3) is 98.7 Å². The second kappa shape index (κ2) is 12.5. The molecule has 0 aliphatic carbocycles. The van der Waals surface area contributed by atoms with Crippen LogP contribution in [0.5, 0.6) is 0 Å². The predicted octanol–water partition coefficient (Wildman–Crippen LogP) is 13.7. The van der Waals surface area contributed by atoms with Gasteiger partial charge in [0.2, 0.25) is 0 Å². The lowest BCUT2D eigenvalue weighted by Crippen LogP contribution is -1.93. The highest BCUT2D eigenvalue weighted by molar-refractivity contribution is 6.25. The molecular formula is C50H31N3. The number of benzene rings is 8. The van der Waals surface area contributed by atoms with Crippen molar-refractivity contribution in [1.82, 2.24) is 9.55 Å². The molecule has 0 fully saturated rings. The second-order valence-corrected chi connectivity index (χ2v) is 13.6. The van der Waals surface area contributed by atoms with Gasteiger partial charge in [-0.05, 0) is 121 Å². The van der Waals surface area contributed by atoms with Crippen molar-refractivity contribution < 1.29 is 0 Å². The van der Waals surface area contributed by atoms with Crippen LogP contribution in [-0.2, 0) is 0 Å². The van der Waals surface area contributed by atoms with Gasteiger partial charge in [-0.1, -0.05) is 121 Å². The summed E-state index contributed by atoms with van der Waals surface area (Å²) in [4.78, 5) is 7.90. The maximum Gasteiger partial charge on any atom is 0.187 e. The van der Waals surface area contributed by atoms with Crippen molar-refractivity contribution in [3.05, 3.63) is 200 Å². The third-order valence-corrected chi connectivity index (χ3v) is 10.4. The Hall–Kier alpha value is -7.28. The third-order valence-electron chi connectivity index (χ3n) is 10.4. The summed E-state index contributed by atoms with van der Waals surface area (Å²) < 4.78 is 2.41. The molecule has 0 aliphatic heterocycles. The SMILES string of the molecule is [C-]#[N+]c1ccc(-c2cc(-c3ccc(-c4cccnc4)cc3)cc(-c3ccc(-c4cc5ccc6cccc7c6c5c(c4)n7-c4ccccc4)cc3)c2)cc1. The minimum absolute atomic E-state index is 0.638. The fraction of sp³-hybridized carbons (Fsp3) is 0. The average molecular weight is 674 g/mol. The summed E-state index contributed by atoms with van der Waals surface area (Å²) in [5.41, 5.74) is 15.6. The Bertz CT molecular complexity index is 2950. The Morgan fingerprint density at radius 1 is 0.396 bits per heavy atom. The van der Waals surface area contributed by atoms with Gasteiger partial charge in [0.1, 0.15) is 0 Å². The number of para-hydroxylation sites is 1. The van der Waals surface area contributed by atoms with Gasteiger partial charge in [-0.3, -0.25) is 4.98 Å². The molecule has 2 aromatic heterocycles. The maximum absolute atomic E-state index is 7.43. The van der Waals surface area contributed by atoms with Crippen molar-refractivity contribution >= 4 is 38.3 Å². The monoisotopic (exact) mass is 673 g/mol. The van der Waals surface area contributed by atoms with Gasteiger partial charge < -0.3 is 4.57 Å². The van der Waals surface area contributed by atoms with E-state index >= 15 is 0 Å². The number of rotatable bonds is 6. The molecule has 0 spiro atoms. The molecule has 0 radical (unpaired) electrons. The van der Waals surface area contributed by atoms with Gasteiger partial charge in [0.05, 0.1) is 17.6 Å². The summed E-state index contributed by atoms with van der Waals surface area (Å²) >= 11 is 0. The van der Waals surface area contributed by atoms with E-state index in [0.717, 1.165) is 50.2 Å². The van der Waals surface area contributed by atoms with Gasteiger partial charge in [0, 0.05) is 28.9 Å². The zero-order chi connectivity index (χ0) is 35.3. The summed E-state index contributed by atoms with van der Waals surface area (Å²) in [7, 11) is 0. The van der Waals surface area contributed by atoms with E-state index in [9.17, 15) is 0 Å². The van der Waals surface area contributed by atoms with Crippen molar-refractivity contribution in [3.8, 4) is 61.3 Å². The van der Waals surface area contributed by atoms with E-state index in [2.05, 4.69) is 160 Å². The van der Waals surface area contributed by atoms with E-state index in [0.29, 0.717) is 5.69 Å². The van der Waals surface area contributed by atoms with Crippen molar-refractivity contribution in [2.45, 2.75) is 0 Å². The van der Waals surface area contributed by atoms with Crippen LogP contribution < -0.4 is 0 Å². The van der Waals surface area contributed by atoms with E-state index in [1.54, 1.807) is 6.20 Å². The molecule has 0 unspecified atom stereocenters. The van der Waals surface area contributed by atoms with Crippen LogP contribution in [0.3, 0.4) is 0 Å². The van der Waals surface area contributed by atoms with Crippen LogP contribution in [0.1, 0.15) is 0 Å². The summed E-state index contributed by atoms with van der Waals surface area (Å²) in [6.45, 7) is 7.43. The first kappa shape index (κ1) is 30.5. The van der Waals surface area contributed by atoms with Crippen LogP contribution in [0.2, 0.25) is 0 Å². The van der Waals surface area contributed by atoms with Crippen LogP contribution in [0, 0.1) is 6.57 Å². The molecule has 0 saturated heterocycles. The summed E-state index contributed by atoms with van der Waals surface area (Å²) in [5, 5.41) is 5.14. The van der Waals surface area contributed by atoms with Gasteiger partial charge in [-0.15, -0.1) is 0 Å². The molecule has 3 heteroatoms. The zero-order valence-electron chi connectivity index (χ0n) is 28.7. The molecule has 0 saturated carbocycles. The van der Waals surface area contributed by atoms with Crippen LogP contribution in [0.4, 0.5) is 5.69 Å². The van der Waals surface area contributed by atoms with E-state index in [1.807, 2.05) is 36.5 Å². The van der Waals surface area contributed by atoms with Gasteiger partial charge in [-0.25, -0.2) is 4.85 Å². The van der Waals surface area contributed by atoms with E-state index in [4.69, 9.17) is 6.57 Å². The Balaban J connectivity index is 1.07. The van der Waals surface area contributed by atoms with E-state index in [1.165, 1.54) is 43.7 Å². The molecule has 2 heterocycles. The predicted molar refractivity (Wildman–Crippen MR) is 221 cm³/mol. The molecule has 0 atom stereocenters. The highest BCUT2D eigenvalue weighted by Gasteiger charge is 2.18. The minimum atomic E-state index is 0.638. The number of nitrogens with zero attached hydrogens (tertiary/aromatic N) is 3. The first-order valence-electron chi connectivity index (χ1n) is 17.8. The third kappa shape index (κ3) is 5.33. The molecule has 0 aliphatic rings. The molecule has 10 rings (SSSR count). The minimum Gasteiger partial charge on any atom is -0.309 e. The summed E-state index contributed by atoms with van der Waals surface area (Å²) in [5.74, 6) is 0. The smallest absolute Gasteiger partial charge is 0.187 e. The standard InChI is InChI=1S/C50H31N3/c1-51-45-24-22-37(23-25-45)43-29-41(34-14-12-33(13-15-34)40-8-6-26-52-32-40)28-42(30-43)35-16-18-36(19-17-35)44-27-39-21-20-38-7-5-11-47-49(38)50(39)48(31-44)53(47)46-9-3-2-4-10-46/h2-32H. The lowest BCUT2D eigenvalue weighted by Gasteiger charge is -2.13. The van der Waals surface area contributed by atoms with Crippen LogP contribution in [0.15, 0.2) is 188 Å². The first-order valence-corrected chi connectivity index (χ1v) is 17.8. The highest BCUT2D eigenvalue weighted by atomic mass is 15.0. The van der Waals surface area contributed by atoms with Crippen molar-refractivity contribution in [1.29, 1.82) is 0 Å². The second-order valence-electron chi connectivity index (χ2n) is 13.6. The molecule has 0 amide bonds. The molecule has 3 nitrogen and oxygen atoms in total. The van der Waals surface area contributed by atoms with Gasteiger partial charge in [0.15, 0.2) is 5.69 Å². The summed E-state index contributed by atoms with van der Waals surface area (Å²) in [6.07, 6.45) is 3.70. The Kier molecular flexibility index (Phi) is 7.20. The molecule has 8 aromatic carbocycles. The number of aromatic nitrogens is 2. The quantitative estimate of drug-likeness (QED) is 0.127.